The summed E-state index contributed by atoms with van der Waals surface area (Å²) in [5.41, 5.74) is 7.80. The molecule has 1 unspecified atom stereocenters. The second-order valence-corrected chi connectivity index (χ2v) is 5.54. The first-order valence-electron chi connectivity index (χ1n) is 7.45. The van der Waals surface area contributed by atoms with Gasteiger partial charge < -0.3 is 15.4 Å². The molecule has 1 aromatic rings. The van der Waals surface area contributed by atoms with E-state index < -0.39 is 0 Å². The predicted octanol–water partition coefficient (Wildman–Crippen LogP) is 2.72. The third-order valence-corrected chi connectivity index (χ3v) is 3.89. The van der Waals surface area contributed by atoms with Crippen molar-refractivity contribution in [2.75, 3.05) is 25.2 Å². The summed E-state index contributed by atoms with van der Waals surface area (Å²) in [6, 6.07) is 5.85. The van der Waals surface area contributed by atoms with Gasteiger partial charge in [-0.1, -0.05) is 19.1 Å². The number of methoxy groups -OCH3 is 1. The van der Waals surface area contributed by atoms with Crippen LogP contribution in [0.15, 0.2) is 18.2 Å². The Morgan fingerprint density at radius 1 is 1.45 bits per heavy atom. The average molecular weight is 280 g/mol. The van der Waals surface area contributed by atoms with Gasteiger partial charge in [0.05, 0.1) is 12.3 Å². The van der Waals surface area contributed by atoms with Crippen LogP contribution in [0, 0.1) is 5.82 Å². The van der Waals surface area contributed by atoms with E-state index in [2.05, 4.69) is 11.8 Å². The summed E-state index contributed by atoms with van der Waals surface area (Å²) >= 11 is 0. The van der Waals surface area contributed by atoms with E-state index in [1.807, 2.05) is 6.07 Å². The minimum atomic E-state index is -0.145. The molecule has 0 saturated heterocycles. The maximum atomic E-state index is 14.3. The van der Waals surface area contributed by atoms with E-state index in [0.717, 1.165) is 43.5 Å². The fourth-order valence-corrected chi connectivity index (χ4v) is 2.53. The number of nitrogens with two attached hydrogens (primary N) is 1. The highest BCUT2D eigenvalue weighted by Crippen LogP contribution is 2.35. The van der Waals surface area contributed by atoms with Crippen molar-refractivity contribution in [1.29, 1.82) is 0 Å². The van der Waals surface area contributed by atoms with Gasteiger partial charge in [-0.05, 0) is 37.3 Å². The van der Waals surface area contributed by atoms with Gasteiger partial charge in [-0.2, -0.15) is 0 Å². The number of ether oxygens (including phenoxy) is 1. The van der Waals surface area contributed by atoms with Gasteiger partial charge in [0, 0.05) is 25.7 Å². The normalized spacial score (nSPS) is 16.2. The van der Waals surface area contributed by atoms with Crippen LogP contribution in [0.5, 0.6) is 0 Å². The van der Waals surface area contributed by atoms with E-state index in [1.165, 1.54) is 0 Å². The molecule has 112 valence electrons. The summed E-state index contributed by atoms with van der Waals surface area (Å²) in [6.45, 7) is 3.41. The Hall–Kier alpha value is -1.13. The summed E-state index contributed by atoms with van der Waals surface area (Å²) in [5.74, 6) is -0.145. The molecule has 4 heteroatoms. The summed E-state index contributed by atoms with van der Waals surface area (Å²) in [6.07, 6.45) is 3.89. The van der Waals surface area contributed by atoms with Gasteiger partial charge in [0.2, 0.25) is 0 Å². The number of hydrogen-bond acceptors (Lipinski definition) is 3. The Balaban J connectivity index is 2.26. The maximum absolute atomic E-state index is 14.3. The van der Waals surface area contributed by atoms with Gasteiger partial charge >= 0.3 is 0 Å². The van der Waals surface area contributed by atoms with Crippen molar-refractivity contribution in [3.05, 3.63) is 29.6 Å². The van der Waals surface area contributed by atoms with Gasteiger partial charge in [0.15, 0.2) is 0 Å². The molecule has 1 saturated carbocycles. The second-order valence-electron chi connectivity index (χ2n) is 5.54. The Kier molecular flexibility index (Phi) is 5.38. The minimum Gasteiger partial charge on any atom is -0.383 e. The van der Waals surface area contributed by atoms with Crippen LogP contribution in [-0.4, -0.2) is 32.3 Å². The van der Waals surface area contributed by atoms with Crippen molar-refractivity contribution < 1.29 is 9.13 Å². The molecule has 0 heterocycles. The zero-order valence-electron chi connectivity index (χ0n) is 12.4. The summed E-state index contributed by atoms with van der Waals surface area (Å²) < 4.78 is 19.5. The van der Waals surface area contributed by atoms with E-state index in [-0.39, 0.29) is 11.9 Å². The lowest BCUT2D eigenvalue weighted by Gasteiger charge is -2.28. The van der Waals surface area contributed by atoms with E-state index in [1.54, 1.807) is 19.2 Å². The molecule has 0 spiro atoms. The molecular weight excluding hydrogens is 255 g/mol. The first kappa shape index (κ1) is 15.3. The number of anilines is 1. The molecule has 1 aromatic carbocycles. The highest BCUT2D eigenvalue weighted by atomic mass is 19.1. The maximum Gasteiger partial charge on any atom is 0.146 e. The molecule has 1 fully saturated rings. The van der Waals surface area contributed by atoms with Crippen LogP contribution < -0.4 is 10.6 Å². The van der Waals surface area contributed by atoms with E-state index in [4.69, 9.17) is 10.5 Å². The minimum absolute atomic E-state index is 0.0824. The molecule has 1 aliphatic carbocycles. The van der Waals surface area contributed by atoms with Crippen molar-refractivity contribution in [1.82, 2.24) is 0 Å². The van der Waals surface area contributed by atoms with Gasteiger partial charge in [-0.3, -0.25) is 0 Å². The van der Waals surface area contributed by atoms with Gasteiger partial charge in [0.1, 0.15) is 5.82 Å². The number of nitrogens with zero attached hydrogens (tertiary/aromatic N) is 1. The number of halogens is 1. The standard InChI is InChI=1S/C16H25FN2O/c1-3-13(18)11-12-5-4-6-15(17)16(12)19(9-10-20-2)14-7-8-14/h4-6,13-14H,3,7-11,18H2,1-2H3. The summed E-state index contributed by atoms with van der Waals surface area (Å²) in [7, 11) is 1.68. The SMILES string of the molecule is CCC(N)Cc1cccc(F)c1N(CCOC)C1CC1. The fraction of sp³-hybridized carbons (Fsp3) is 0.625. The Bertz CT molecular complexity index is 434. The summed E-state index contributed by atoms with van der Waals surface area (Å²) in [5, 5.41) is 0. The van der Waals surface area contributed by atoms with Crippen LogP contribution in [0.2, 0.25) is 0 Å². The highest BCUT2D eigenvalue weighted by molar-refractivity contribution is 5.57. The zero-order valence-corrected chi connectivity index (χ0v) is 12.4. The Labute approximate surface area is 120 Å². The third kappa shape index (κ3) is 3.70. The number of hydrogen-bond donors (Lipinski definition) is 1. The van der Waals surface area contributed by atoms with Crippen molar-refractivity contribution >= 4 is 5.69 Å². The zero-order chi connectivity index (χ0) is 14.5. The van der Waals surface area contributed by atoms with Gasteiger partial charge in [-0.15, -0.1) is 0 Å². The molecule has 2 rings (SSSR count). The topological polar surface area (TPSA) is 38.5 Å². The monoisotopic (exact) mass is 280 g/mol. The Morgan fingerprint density at radius 3 is 2.80 bits per heavy atom. The molecule has 0 aromatic heterocycles. The van der Waals surface area contributed by atoms with Crippen LogP contribution in [0.3, 0.4) is 0 Å². The fourth-order valence-electron chi connectivity index (χ4n) is 2.53. The van der Waals surface area contributed by atoms with Crippen molar-refractivity contribution in [3.8, 4) is 0 Å². The van der Waals surface area contributed by atoms with E-state index in [9.17, 15) is 4.39 Å². The first-order chi connectivity index (χ1) is 9.67. The molecule has 0 bridgehead atoms. The predicted molar refractivity (Wildman–Crippen MR) is 80.6 cm³/mol. The molecule has 2 N–H and O–H groups in total. The number of rotatable bonds is 8. The van der Waals surface area contributed by atoms with Crippen molar-refractivity contribution in [2.24, 2.45) is 5.73 Å². The lowest BCUT2D eigenvalue weighted by molar-refractivity contribution is 0.204. The number of para-hydroxylation sites is 1. The lowest BCUT2D eigenvalue weighted by Crippen LogP contribution is -2.32. The summed E-state index contributed by atoms with van der Waals surface area (Å²) in [4.78, 5) is 2.16. The lowest BCUT2D eigenvalue weighted by atomic mass is 10.0. The smallest absolute Gasteiger partial charge is 0.146 e. The molecule has 0 aliphatic heterocycles. The first-order valence-corrected chi connectivity index (χ1v) is 7.45. The molecule has 3 nitrogen and oxygen atoms in total. The molecule has 0 radical (unpaired) electrons. The van der Waals surface area contributed by atoms with Crippen molar-refractivity contribution in [2.45, 2.75) is 44.7 Å². The van der Waals surface area contributed by atoms with Gasteiger partial charge in [0.25, 0.3) is 0 Å². The quantitative estimate of drug-likeness (QED) is 0.795. The van der Waals surface area contributed by atoms with E-state index >= 15 is 0 Å². The Morgan fingerprint density at radius 2 is 2.20 bits per heavy atom. The van der Waals surface area contributed by atoms with Crippen LogP contribution in [0.1, 0.15) is 31.7 Å². The second kappa shape index (κ2) is 7.04. The van der Waals surface area contributed by atoms with Crippen LogP contribution in [-0.2, 0) is 11.2 Å². The number of benzene rings is 1. The molecule has 20 heavy (non-hydrogen) atoms. The highest BCUT2D eigenvalue weighted by Gasteiger charge is 2.31. The molecular formula is C16H25FN2O. The molecule has 1 atom stereocenters. The molecule has 0 amide bonds. The average Bonchev–Trinajstić information content (AvgIpc) is 3.26. The van der Waals surface area contributed by atoms with Crippen LogP contribution >= 0.6 is 0 Å². The van der Waals surface area contributed by atoms with Crippen LogP contribution in [0.4, 0.5) is 10.1 Å². The largest absolute Gasteiger partial charge is 0.383 e. The van der Waals surface area contributed by atoms with Crippen LogP contribution in [0.25, 0.3) is 0 Å². The van der Waals surface area contributed by atoms with Gasteiger partial charge in [-0.25, -0.2) is 4.39 Å². The third-order valence-electron chi connectivity index (χ3n) is 3.89. The van der Waals surface area contributed by atoms with Crippen molar-refractivity contribution in [3.63, 3.8) is 0 Å². The molecule has 1 aliphatic rings. The van der Waals surface area contributed by atoms with E-state index in [0.29, 0.717) is 12.6 Å².